The highest BCUT2D eigenvalue weighted by Crippen LogP contribution is 2.28. The Morgan fingerprint density at radius 3 is 2.80 bits per heavy atom. The Morgan fingerprint density at radius 2 is 2.20 bits per heavy atom. The molecule has 1 fully saturated rings. The predicted octanol–water partition coefficient (Wildman–Crippen LogP) is 2.11. The molecule has 1 aromatic carbocycles. The Labute approximate surface area is 158 Å². The number of carbonyl (C=O) groups is 1. The number of thioether (sulfide) groups is 1. The first kappa shape index (κ1) is 20.4. The van der Waals surface area contributed by atoms with Crippen LogP contribution in [-0.2, 0) is 10.0 Å². The summed E-state index contributed by atoms with van der Waals surface area (Å²) >= 11 is 7.86. The second-order valence-corrected chi connectivity index (χ2v) is 9.30. The Kier molecular flexibility index (Phi) is 7.42. The summed E-state index contributed by atoms with van der Waals surface area (Å²) in [6.45, 7) is 0.277. The van der Waals surface area contributed by atoms with Crippen molar-refractivity contribution >= 4 is 45.0 Å². The van der Waals surface area contributed by atoms with Crippen LogP contribution in [0.4, 0.5) is 5.69 Å². The molecular weight excluding hydrogens is 384 g/mol. The Hall–Kier alpha value is -0.960. The topological polar surface area (TPSA) is 86.7 Å². The zero-order chi connectivity index (χ0) is 18.4. The molecule has 1 atom stereocenters. The molecule has 0 saturated carbocycles. The molecule has 2 rings (SSSR count). The minimum absolute atomic E-state index is 0.125. The number of halogens is 1. The van der Waals surface area contributed by atoms with E-state index in [4.69, 9.17) is 11.6 Å². The highest BCUT2D eigenvalue weighted by atomic mass is 35.5. The fourth-order valence-electron chi connectivity index (χ4n) is 2.65. The zero-order valence-corrected chi connectivity index (χ0v) is 16.5. The summed E-state index contributed by atoms with van der Waals surface area (Å²) in [5.74, 6) is 0.573. The monoisotopic (exact) mass is 406 g/mol. The van der Waals surface area contributed by atoms with Gasteiger partial charge in [-0.3, -0.25) is 9.10 Å². The Morgan fingerprint density at radius 1 is 1.44 bits per heavy atom. The van der Waals surface area contributed by atoms with Gasteiger partial charge in [0.25, 0.3) is 5.91 Å². The molecule has 9 heteroatoms. The van der Waals surface area contributed by atoms with Gasteiger partial charge < -0.3 is 10.4 Å². The van der Waals surface area contributed by atoms with Crippen LogP contribution < -0.4 is 9.62 Å². The molecule has 1 saturated heterocycles. The van der Waals surface area contributed by atoms with E-state index in [1.54, 1.807) is 17.8 Å². The van der Waals surface area contributed by atoms with Gasteiger partial charge in [0.2, 0.25) is 10.0 Å². The summed E-state index contributed by atoms with van der Waals surface area (Å²) in [5.41, 5.74) is 0.741. The van der Waals surface area contributed by atoms with Gasteiger partial charge in [0, 0.05) is 6.54 Å². The molecule has 1 heterocycles. The number of anilines is 1. The van der Waals surface area contributed by atoms with Gasteiger partial charge in [0.1, 0.15) is 0 Å². The van der Waals surface area contributed by atoms with E-state index in [-0.39, 0.29) is 34.9 Å². The number of amides is 1. The van der Waals surface area contributed by atoms with E-state index in [1.165, 1.54) is 16.4 Å². The molecule has 0 spiro atoms. The molecule has 6 nitrogen and oxygen atoms in total. The molecule has 1 unspecified atom stereocenters. The van der Waals surface area contributed by atoms with E-state index in [2.05, 4.69) is 5.32 Å². The quantitative estimate of drug-likeness (QED) is 0.724. The summed E-state index contributed by atoms with van der Waals surface area (Å²) < 4.78 is 25.7. The lowest BCUT2D eigenvalue weighted by atomic mass is 10.1. The average molecular weight is 407 g/mol. The van der Waals surface area contributed by atoms with Crippen molar-refractivity contribution in [1.82, 2.24) is 5.32 Å². The number of hydrogen-bond acceptors (Lipinski definition) is 5. The maximum Gasteiger partial charge on any atom is 0.253 e. The summed E-state index contributed by atoms with van der Waals surface area (Å²) in [4.78, 5) is 12.4. The number of carbonyl (C=O) groups excluding carboxylic acids is 1. The molecule has 1 amide bonds. The second kappa shape index (κ2) is 9.12. The van der Waals surface area contributed by atoms with Crippen molar-refractivity contribution in [2.45, 2.75) is 25.3 Å². The number of nitrogens with one attached hydrogen (secondary N) is 1. The number of benzene rings is 1. The SMILES string of the molecule is CSCCC(CO)NC(=O)c1ccc(N2CCCCS2(=O)=O)cc1Cl. The average Bonchev–Trinajstić information content (AvgIpc) is 2.57. The van der Waals surface area contributed by atoms with Gasteiger partial charge in [-0.2, -0.15) is 11.8 Å². The minimum atomic E-state index is -3.32. The number of rotatable bonds is 7. The first-order valence-electron chi connectivity index (χ1n) is 8.09. The van der Waals surface area contributed by atoms with Gasteiger partial charge in [-0.15, -0.1) is 0 Å². The second-order valence-electron chi connectivity index (χ2n) is 5.89. The lowest BCUT2D eigenvalue weighted by Crippen LogP contribution is -2.38. The van der Waals surface area contributed by atoms with Crippen LogP contribution in [0.2, 0.25) is 5.02 Å². The predicted molar refractivity (Wildman–Crippen MR) is 103 cm³/mol. The smallest absolute Gasteiger partial charge is 0.253 e. The van der Waals surface area contributed by atoms with E-state index >= 15 is 0 Å². The van der Waals surface area contributed by atoms with Crippen LogP contribution >= 0.6 is 23.4 Å². The third-order valence-electron chi connectivity index (χ3n) is 4.06. The van der Waals surface area contributed by atoms with Gasteiger partial charge >= 0.3 is 0 Å². The van der Waals surface area contributed by atoms with Crippen molar-refractivity contribution in [2.75, 3.05) is 35.2 Å². The van der Waals surface area contributed by atoms with E-state index in [0.29, 0.717) is 25.1 Å². The number of hydrogen-bond donors (Lipinski definition) is 2. The largest absolute Gasteiger partial charge is 0.394 e. The van der Waals surface area contributed by atoms with Crippen LogP contribution in [0.3, 0.4) is 0 Å². The number of sulfonamides is 1. The fraction of sp³-hybridized carbons (Fsp3) is 0.562. The van der Waals surface area contributed by atoms with Crippen molar-refractivity contribution in [3.63, 3.8) is 0 Å². The van der Waals surface area contributed by atoms with Crippen molar-refractivity contribution < 1.29 is 18.3 Å². The number of aliphatic hydroxyl groups excluding tert-OH is 1. The highest BCUT2D eigenvalue weighted by molar-refractivity contribution is 7.98. The lowest BCUT2D eigenvalue weighted by molar-refractivity contribution is 0.0915. The van der Waals surface area contributed by atoms with E-state index < -0.39 is 10.0 Å². The fourth-order valence-corrected chi connectivity index (χ4v) is 5.07. The van der Waals surface area contributed by atoms with Gasteiger partial charge in [-0.1, -0.05) is 11.6 Å². The zero-order valence-electron chi connectivity index (χ0n) is 14.1. The molecular formula is C16H23ClN2O4S2. The normalized spacial score (nSPS) is 18.0. The van der Waals surface area contributed by atoms with Crippen LogP contribution in [-0.4, -0.2) is 56.4 Å². The highest BCUT2D eigenvalue weighted by Gasteiger charge is 2.27. The van der Waals surface area contributed by atoms with Crippen LogP contribution in [0, 0.1) is 0 Å². The molecule has 2 N–H and O–H groups in total. The minimum Gasteiger partial charge on any atom is -0.394 e. The Bertz CT molecular complexity index is 712. The van der Waals surface area contributed by atoms with Crippen LogP contribution in [0.5, 0.6) is 0 Å². The molecule has 140 valence electrons. The van der Waals surface area contributed by atoms with Crippen LogP contribution in [0.1, 0.15) is 29.6 Å². The molecule has 0 radical (unpaired) electrons. The van der Waals surface area contributed by atoms with Gasteiger partial charge in [-0.25, -0.2) is 8.42 Å². The maximum atomic E-state index is 12.4. The third kappa shape index (κ3) is 5.26. The summed E-state index contributed by atoms with van der Waals surface area (Å²) in [6, 6.07) is 4.30. The van der Waals surface area contributed by atoms with Crippen molar-refractivity contribution in [2.24, 2.45) is 0 Å². The van der Waals surface area contributed by atoms with Crippen molar-refractivity contribution in [3.8, 4) is 0 Å². The molecule has 1 aliphatic heterocycles. The molecule has 0 aromatic heterocycles. The molecule has 25 heavy (non-hydrogen) atoms. The van der Waals surface area contributed by atoms with Crippen molar-refractivity contribution in [3.05, 3.63) is 28.8 Å². The van der Waals surface area contributed by atoms with Crippen LogP contribution in [0.25, 0.3) is 0 Å². The molecule has 0 bridgehead atoms. The summed E-state index contributed by atoms with van der Waals surface area (Å²) in [7, 11) is -3.32. The van der Waals surface area contributed by atoms with Gasteiger partial charge in [0.15, 0.2) is 0 Å². The summed E-state index contributed by atoms with van der Waals surface area (Å²) in [5, 5.41) is 12.3. The van der Waals surface area contributed by atoms with E-state index in [9.17, 15) is 18.3 Å². The van der Waals surface area contributed by atoms with Gasteiger partial charge in [0.05, 0.1) is 34.7 Å². The standard InChI is InChI=1S/C16H23ClN2O4S2/c1-24-8-6-12(11-20)18-16(21)14-5-4-13(10-15(14)17)19-7-2-3-9-25(19,22)23/h4-5,10,12,20H,2-3,6-9,11H2,1H3,(H,18,21). The lowest BCUT2D eigenvalue weighted by Gasteiger charge is -2.28. The first-order valence-corrected chi connectivity index (χ1v) is 11.5. The number of aliphatic hydroxyl groups is 1. The molecule has 1 aliphatic rings. The van der Waals surface area contributed by atoms with Crippen LogP contribution in [0.15, 0.2) is 18.2 Å². The Balaban J connectivity index is 2.14. The third-order valence-corrected chi connectivity index (χ3v) is 6.89. The first-order chi connectivity index (χ1) is 11.9. The van der Waals surface area contributed by atoms with Gasteiger partial charge in [-0.05, 0) is 49.5 Å². The van der Waals surface area contributed by atoms with E-state index in [1.807, 2.05) is 6.26 Å². The van der Waals surface area contributed by atoms with E-state index in [0.717, 1.165) is 12.2 Å². The van der Waals surface area contributed by atoms with Crippen molar-refractivity contribution in [1.29, 1.82) is 0 Å². The molecule has 1 aromatic rings. The molecule has 0 aliphatic carbocycles. The summed E-state index contributed by atoms with van der Waals surface area (Å²) in [6.07, 6.45) is 4.07. The maximum absolute atomic E-state index is 12.4. The number of nitrogens with zero attached hydrogens (tertiary/aromatic N) is 1.